The fraction of sp³-hybridized carbons (Fsp3) is 0.333. The van der Waals surface area contributed by atoms with Gasteiger partial charge in [-0.2, -0.15) is 0 Å². The van der Waals surface area contributed by atoms with Crippen molar-refractivity contribution in [2.24, 2.45) is 0 Å². The molecule has 0 fully saturated rings. The molecule has 102 valence electrons. The highest BCUT2D eigenvalue weighted by Gasteiger charge is 2.16. The van der Waals surface area contributed by atoms with E-state index in [2.05, 4.69) is 18.3 Å². The quantitative estimate of drug-likeness (QED) is 0.853. The van der Waals surface area contributed by atoms with Gasteiger partial charge in [0.15, 0.2) is 0 Å². The van der Waals surface area contributed by atoms with Gasteiger partial charge in [0.2, 0.25) is 0 Å². The van der Waals surface area contributed by atoms with E-state index in [1.165, 1.54) is 22.6 Å². The summed E-state index contributed by atoms with van der Waals surface area (Å²) in [5, 5.41) is 5.35. The Morgan fingerprint density at radius 3 is 2.47 bits per heavy atom. The third kappa shape index (κ3) is 3.19. The van der Waals surface area contributed by atoms with E-state index in [9.17, 15) is 8.78 Å². The maximum atomic E-state index is 13.7. The summed E-state index contributed by atoms with van der Waals surface area (Å²) in [6.45, 7) is 5.93. The maximum absolute atomic E-state index is 13.7. The van der Waals surface area contributed by atoms with E-state index in [0.717, 1.165) is 6.07 Å². The second-order valence-corrected chi connectivity index (χ2v) is 5.69. The summed E-state index contributed by atoms with van der Waals surface area (Å²) < 4.78 is 26.9. The van der Waals surface area contributed by atoms with Crippen molar-refractivity contribution in [1.82, 2.24) is 5.32 Å². The Hall–Kier alpha value is -1.26. The Morgan fingerprint density at radius 2 is 1.84 bits per heavy atom. The second kappa shape index (κ2) is 5.80. The lowest BCUT2D eigenvalue weighted by Crippen LogP contribution is -2.23. The molecule has 2 unspecified atom stereocenters. The van der Waals surface area contributed by atoms with E-state index in [0.29, 0.717) is 5.56 Å². The number of aryl methyl sites for hydroxylation is 1. The largest absolute Gasteiger partial charge is 0.303 e. The first-order valence-corrected chi connectivity index (χ1v) is 7.12. The van der Waals surface area contributed by atoms with E-state index in [-0.39, 0.29) is 17.9 Å². The van der Waals surface area contributed by atoms with Crippen LogP contribution in [0.2, 0.25) is 0 Å². The van der Waals surface area contributed by atoms with E-state index in [1.807, 2.05) is 19.2 Å². The molecule has 4 heteroatoms. The molecule has 0 aliphatic heterocycles. The molecule has 1 nitrogen and oxygen atoms in total. The summed E-state index contributed by atoms with van der Waals surface area (Å²) in [5.41, 5.74) is 1.58. The SMILES string of the molecule is Cc1ccsc1C(C)NC(C)c1cc(F)ccc1F. The zero-order valence-corrected chi connectivity index (χ0v) is 12.0. The third-order valence-corrected chi connectivity index (χ3v) is 4.42. The van der Waals surface area contributed by atoms with Crippen molar-refractivity contribution in [3.05, 3.63) is 57.3 Å². The molecule has 0 aliphatic rings. The van der Waals surface area contributed by atoms with Gasteiger partial charge in [0.05, 0.1) is 0 Å². The lowest BCUT2D eigenvalue weighted by molar-refractivity contribution is 0.473. The van der Waals surface area contributed by atoms with Crippen molar-refractivity contribution in [3.63, 3.8) is 0 Å². The van der Waals surface area contributed by atoms with Crippen molar-refractivity contribution < 1.29 is 8.78 Å². The van der Waals surface area contributed by atoms with Gasteiger partial charge in [0.1, 0.15) is 11.6 Å². The summed E-state index contributed by atoms with van der Waals surface area (Å²) in [6, 6.07) is 5.49. The van der Waals surface area contributed by atoms with Gasteiger partial charge in [-0.15, -0.1) is 11.3 Å². The predicted octanol–water partition coefficient (Wildman–Crippen LogP) is 4.75. The van der Waals surface area contributed by atoms with Crippen LogP contribution in [0.3, 0.4) is 0 Å². The molecular weight excluding hydrogens is 264 g/mol. The van der Waals surface area contributed by atoms with E-state index in [4.69, 9.17) is 0 Å². The first-order chi connectivity index (χ1) is 8.99. The van der Waals surface area contributed by atoms with E-state index < -0.39 is 5.82 Å². The molecule has 0 bridgehead atoms. The van der Waals surface area contributed by atoms with Crippen LogP contribution in [0.1, 0.15) is 41.9 Å². The lowest BCUT2D eigenvalue weighted by Gasteiger charge is -2.20. The molecule has 0 saturated carbocycles. The minimum Gasteiger partial charge on any atom is -0.303 e. The average Bonchev–Trinajstić information content (AvgIpc) is 2.78. The molecular formula is C15H17F2NS. The minimum absolute atomic E-state index is 0.109. The number of hydrogen-bond acceptors (Lipinski definition) is 2. The highest BCUT2D eigenvalue weighted by atomic mass is 32.1. The molecule has 2 aromatic rings. The number of thiophene rings is 1. The molecule has 19 heavy (non-hydrogen) atoms. The Morgan fingerprint density at radius 1 is 1.11 bits per heavy atom. The highest BCUT2D eigenvalue weighted by Crippen LogP contribution is 2.27. The highest BCUT2D eigenvalue weighted by molar-refractivity contribution is 7.10. The second-order valence-electron chi connectivity index (χ2n) is 4.74. The van der Waals surface area contributed by atoms with Gasteiger partial charge in [0, 0.05) is 22.5 Å². The van der Waals surface area contributed by atoms with Crippen LogP contribution in [0.15, 0.2) is 29.6 Å². The van der Waals surface area contributed by atoms with Crippen molar-refractivity contribution in [2.75, 3.05) is 0 Å². The van der Waals surface area contributed by atoms with Crippen LogP contribution < -0.4 is 5.32 Å². The van der Waals surface area contributed by atoms with Crippen molar-refractivity contribution in [1.29, 1.82) is 0 Å². The van der Waals surface area contributed by atoms with Gasteiger partial charge in [-0.25, -0.2) is 8.78 Å². The van der Waals surface area contributed by atoms with Crippen LogP contribution in [-0.4, -0.2) is 0 Å². The van der Waals surface area contributed by atoms with Gasteiger partial charge < -0.3 is 5.32 Å². The number of nitrogens with one attached hydrogen (secondary N) is 1. The molecule has 0 spiro atoms. The number of benzene rings is 1. The third-order valence-electron chi connectivity index (χ3n) is 3.22. The van der Waals surface area contributed by atoms with Gasteiger partial charge >= 0.3 is 0 Å². The standard InChI is InChI=1S/C15H17F2NS/c1-9-6-7-19-15(9)11(3)18-10(2)13-8-12(16)4-5-14(13)17/h4-8,10-11,18H,1-3H3. The molecule has 1 N–H and O–H groups in total. The average molecular weight is 281 g/mol. The van der Waals surface area contributed by atoms with Gasteiger partial charge in [-0.1, -0.05) is 0 Å². The summed E-state index contributed by atoms with van der Waals surface area (Å²) in [5.74, 6) is -0.790. The van der Waals surface area contributed by atoms with Crippen LogP contribution in [0, 0.1) is 18.6 Å². The molecule has 2 rings (SSSR count). The Bertz CT molecular complexity index is 565. The summed E-state index contributed by atoms with van der Waals surface area (Å²) in [6.07, 6.45) is 0. The monoisotopic (exact) mass is 281 g/mol. The number of hydrogen-bond donors (Lipinski definition) is 1. The molecule has 0 radical (unpaired) electrons. The van der Waals surface area contributed by atoms with Crippen LogP contribution in [-0.2, 0) is 0 Å². The van der Waals surface area contributed by atoms with Crippen LogP contribution in [0.4, 0.5) is 8.78 Å². The Balaban J connectivity index is 2.15. The van der Waals surface area contributed by atoms with E-state index >= 15 is 0 Å². The summed E-state index contributed by atoms with van der Waals surface area (Å²) >= 11 is 1.67. The smallest absolute Gasteiger partial charge is 0.128 e. The van der Waals surface area contributed by atoms with Crippen molar-refractivity contribution in [3.8, 4) is 0 Å². The molecule has 2 atom stereocenters. The van der Waals surface area contributed by atoms with Crippen molar-refractivity contribution >= 4 is 11.3 Å². The zero-order valence-electron chi connectivity index (χ0n) is 11.2. The van der Waals surface area contributed by atoms with Gasteiger partial charge in [0.25, 0.3) is 0 Å². The molecule has 1 aromatic carbocycles. The fourth-order valence-electron chi connectivity index (χ4n) is 2.21. The Labute approximate surface area is 116 Å². The molecule has 1 aromatic heterocycles. The summed E-state index contributed by atoms with van der Waals surface area (Å²) in [7, 11) is 0. The molecule has 0 saturated heterocycles. The van der Waals surface area contributed by atoms with Gasteiger partial charge in [-0.05, 0) is 56.0 Å². The number of halogens is 2. The number of rotatable bonds is 4. The first-order valence-electron chi connectivity index (χ1n) is 6.24. The van der Waals surface area contributed by atoms with E-state index in [1.54, 1.807) is 11.3 Å². The summed E-state index contributed by atoms with van der Waals surface area (Å²) in [4.78, 5) is 1.23. The Kier molecular flexibility index (Phi) is 4.32. The van der Waals surface area contributed by atoms with Crippen LogP contribution in [0.5, 0.6) is 0 Å². The first kappa shape index (κ1) is 14.2. The lowest BCUT2D eigenvalue weighted by atomic mass is 10.1. The molecule has 0 aliphatic carbocycles. The van der Waals surface area contributed by atoms with Crippen LogP contribution >= 0.6 is 11.3 Å². The fourth-order valence-corrected chi connectivity index (χ4v) is 3.16. The zero-order chi connectivity index (χ0) is 14.0. The van der Waals surface area contributed by atoms with Gasteiger partial charge in [-0.3, -0.25) is 0 Å². The minimum atomic E-state index is -0.412. The predicted molar refractivity (Wildman–Crippen MR) is 75.4 cm³/mol. The normalized spacial score (nSPS) is 14.4. The molecule has 0 amide bonds. The molecule has 1 heterocycles. The van der Waals surface area contributed by atoms with Crippen molar-refractivity contribution in [2.45, 2.75) is 32.9 Å². The van der Waals surface area contributed by atoms with Crippen LogP contribution in [0.25, 0.3) is 0 Å². The topological polar surface area (TPSA) is 12.0 Å². The maximum Gasteiger partial charge on any atom is 0.128 e.